The van der Waals surface area contributed by atoms with E-state index in [0.717, 1.165) is 22.5 Å². The fourth-order valence-electron chi connectivity index (χ4n) is 3.22. The predicted octanol–water partition coefficient (Wildman–Crippen LogP) is 2.42. The molecule has 1 fully saturated rings. The molecule has 0 aliphatic carbocycles. The van der Waals surface area contributed by atoms with Gasteiger partial charge in [-0.3, -0.25) is 9.59 Å². The van der Waals surface area contributed by atoms with Gasteiger partial charge in [-0.15, -0.1) is 11.3 Å². The highest BCUT2D eigenvalue weighted by molar-refractivity contribution is 7.89. The molecule has 7 nitrogen and oxygen atoms in total. The van der Waals surface area contributed by atoms with Crippen LogP contribution in [0.25, 0.3) is 0 Å². The first-order chi connectivity index (χ1) is 14.5. The van der Waals surface area contributed by atoms with Crippen molar-refractivity contribution >= 4 is 33.2 Å². The average Bonchev–Trinajstić information content (AvgIpc) is 3.28. The summed E-state index contributed by atoms with van der Waals surface area (Å²) in [5.41, 5.74) is -1.22. The van der Waals surface area contributed by atoms with Gasteiger partial charge in [0.1, 0.15) is 6.04 Å². The summed E-state index contributed by atoms with van der Waals surface area (Å²) in [5.74, 6) is -0.779. The van der Waals surface area contributed by atoms with Gasteiger partial charge in [-0.25, -0.2) is 8.42 Å². The maximum Gasteiger partial charge on any atom is 0.417 e. The van der Waals surface area contributed by atoms with Crippen LogP contribution in [0.15, 0.2) is 46.7 Å². The van der Waals surface area contributed by atoms with Gasteiger partial charge in [0, 0.05) is 26.2 Å². The number of sulfonamides is 1. The van der Waals surface area contributed by atoms with E-state index in [1.807, 2.05) is 0 Å². The molecule has 1 saturated heterocycles. The van der Waals surface area contributed by atoms with Crippen LogP contribution in [-0.2, 0) is 21.0 Å². The SMILES string of the molecule is C[C@@H](NC(=O)c1cccs1)C(=O)N1CCN(S(=O)(=O)c2ccccc2C(F)(F)F)CC1. The molecule has 0 bridgehead atoms. The molecule has 3 rings (SSSR count). The molecule has 12 heteroatoms. The number of hydrogen-bond donors (Lipinski definition) is 1. The molecule has 0 radical (unpaired) electrons. The van der Waals surface area contributed by atoms with Crippen LogP contribution in [-0.4, -0.2) is 61.7 Å². The first kappa shape index (κ1) is 23.2. The molecule has 0 unspecified atom stereocenters. The second kappa shape index (κ2) is 8.97. The fraction of sp³-hybridized carbons (Fsp3) is 0.368. The summed E-state index contributed by atoms with van der Waals surface area (Å²) >= 11 is 1.23. The highest BCUT2D eigenvalue weighted by Crippen LogP contribution is 2.35. The van der Waals surface area contributed by atoms with Gasteiger partial charge < -0.3 is 10.2 Å². The van der Waals surface area contributed by atoms with Crippen LogP contribution < -0.4 is 5.32 Å². The molecule has 1 N–H and O–H groups in total. The lowest BCUT2D eigenvalue weighted by atomic mass is 10.2. The van der Waals surface area contributed by atoms with E-state index in [1.165, 1.54) is 29.2 Å². The molecule has 0 spiro atoms. The second-order valence-corrected chi connectivity index (χ2v) is 9.75. The Morgan fingerprint density at radius 2 is 1.71 bits per heavy atom. The molecule has 1 atom stereocenters. The summed E-state index contributed by atoms with van der Waals surface area (Å²) in [6.07, 6.45) is -4.81. The summed E-state index contributed by atoms with van der Waals surface area (Å²) < 4.78 is 66.3. The number of benzene rings is 1. The Morgan fingerprint density at radius 3 is 2.29 bits per heavy atom. The highest BCUT2D eigenvalue weighted by atomic mass is 32.2. The standard InChI is InChI=1S/C19H20F3N3O4S2/c1-13(23-17(26)15-6-4-12-30-15)18(27)24-8-10-25(11-9-24)31(28,29)16-7-3-2-5-14(16)19(20,21)22/h2-7,12-13H,8-11H2,1H3,(H,23,26)/t13-/m1/s1. The van der Waals surface area contributed by atoms with Gasteiger partial charge in [-0.1, -0.05) is 18.2 Å². The summed E-state index contributed by atoms with van der Waals surface area (Å²) in [7, 11) is -4.39. The Kier molecular flexibility index (Phi) is 6.72. The fourth-order valence-corrected chi connectivity index (χ4v) is 5.49. The minimum absolute atomic E-state index is 0.00542. The quantitative estimate of drug-likeness (QED) is 0.720. The molecular formula is C19H20F3N3O4S2. The molecule has 2 amide bonds. The number of amides is 2. The number of alkyl halides is 3. The van der Waals surface area contributed by atoms with Crippen LogP contribution in [0, 0.1) is 0 Å². The van der Waals surface area contributed by atoms with Gasteiger partial charge >= 0.3 is 6.18 Å². The molecule has 0 saturated carbocycles. The van der Waals surface area contributed by atoms with Gasteiger partial charge in [0.25, 0.3) is 5.91 Å². The Morgan fingerprint density at radius 1 is 1.06 bits per heavy atom. The van der Waals surface area contributed by atoms with E-state index in [-0.39, 0.29) is 32.1 Å². The van der Waals surface area contributed by atoms with E-state index >= 15 is 0 Å². The maximum atomic E-state index is 13.2. The zero-order valence-corrected chi connectivity index (χ0v) is 18.1. The lowest BCUT2D eigenvalue weighted by molar-refractivity contribution is -0.139. The number of nitrogens with zero attached hydrogens (tertiary/aromatic N) is 2. The molecule has 1 aromatic carbocycles. The Labute approximate surface area is 181 Å². The maximum absolute atomic E-state index is 13.2. The Hall–Kier alpha value is -2.44. The van der Waals surface area contributed by atoms with E-state index in [2.05, 4.69) is 5.32 Å². The smallest absolute Gasteiger partial charge is 0.340 e. The van der Waals surface area contributed by atoms with Crippen LogP contribution in [0.5, 0.6) is 0 Å². The van der Waals surface area contributed by atoms with Crippen molar-refractivity contribution in [2.75, 3.05) is 26.2 Å². The molecule has 2 heterocycles. The average molecular weight is 476 g/mol. The normalized spacial score (nSPS) is 16.7. The molecule has 2 aromatic rings. The lowest BCUT2D eigenvalue weighted by Crippen LogP contribution is -2.55. The number of carbonyl (C=O) groups excluding carboxylic acids is 2. The Balaban J connectivity index is 1.65. The number of hydrogen-bond acceptors (Lipinski definition) is 5. The second-order valence-electron chi connectivity index (χ2n) is 6.90. The minimum Gasteiger partial charge on any atom is -0.340 e. The zero-order chi connectivity index (χ0) is 22.8. The number of nitrogens with one attached hydrogen (secondary N) is 1. The molecule has 1 aliphatic rings. The van der Waals surface area contributed by atoms with Crippen molar-refractivity contribution < 1.29 is 31.2 Å². The first-order valence-corrected chi connectivity index (χ1v) is 11.6. The van der Waals surface area contributed by atoms with Crippen LogP contribution in [0.4, 0.5) is 13.2 Å². The first-order valence-electron chi connectivity index (χ1n) is 9.31. The zero-order valence-electron chi connectivity index (χ0n) is 16.4. The molecular weight excluding hydrogens is 455 g/mol. The third-order valence-corrected chi connectivity index (χ3v) is 7.65. The highest BCUT2D eigenvalue weighted by Gasteiger charge is 2.40. The summed E-state index contributed by atoms with van der Waals surface area (Å²) in [4.78, 5) is 25.8. The van der Waals surface area contributed by atoms with Crippen molar-refractivity contribution in [3.63, 3.8) is 0 Å². The number of halogens is 3. The molecule has 1 aliphatic heterocycles. The van der Waals surface area contributed by atoms with Crippen LogP contribution in [0.1, 0.15) is 22.2 Å². The van der Waals surface area contributed by atoms with Gasteiger partial charge in [0.2, 0.25) is 15.9 Å². The van der Waals surface area contributed by atoms with Crippen molar-refractivity contribution in [1.82, 2.24) is 14.5 Å². The van der Waals surface area contributed by atoms with Gasteiger partial charge in [0.05, 0.1) is 15.3 Å². The Bertz CT molecular complexity index is 1050. The summed E-state index contributed by atoms with van der Waals surface area (Å²) in [6.45, 7) is 1.24. The van der Waals surface area contributed by atoms with Gasteiger partial charge in [0.15, 0.2) is 0 Å². The van der Waals surface area contributed by atoms with E-state index in [0.29, 0.717) is 4.88 Å². The molecule has 31 heavy (non-hydrogen) atoms. The topological polar surface area (TPSA) is 86.8 Å². The van der Waals surface area contributed by atoms with Crippen molar-refractivity contribution in [1.29, 1.82) is 0 Å². The summed E-state index contributed by atoms with van der Waals surface area (Å²) in [5, 5.41) is 4.33. The van der Waals surface area contributed by atoms with Gasteiger partial charge in [-0.2, -0.15) is 17.5 Å². The van der Waals surface area contributed by atoms with Crippen LogP contribution in [0.3, 0.4) is 0 Å². The number of thiophene rings is 1. The minimum atomic E-state index is -4.81. The lowest BCUT2D eigenvalue weighted by Gasteiger charge is -2.35. The van der Waals surface area contributed by atoms with E-state index < -0.39 is 38.6 Å². The van der Waals surface area contributed by atoms with E-state index in [4.69, 9.17) is 0 Å². The molecule has 168 valence electrons. The van der Waals surface area contributed by atoms with E-state index in [1.54, 1.807) is 17.5 Å². The van der Waals surface area contributed by atoms with Crippen molar-refractivity contribution in [2.45, 2.75) is 24.0 Å². The van der Waals surface area contributed by atoms with Crippen LogP contribution in [0.2, 0.25) is 0 Å². The van der Waals surface area contributed by atoms with Crippen molar-refractivity contribution in [3.05, 3.63) is 52.2 Å². The largest absolute Gasteiger partial charge is 0.417 e. The molecule has 1 aromatic heterocycles. The van der Waals surface area contributed by atoms with Crippen molar-refractivity contribution in [3.8, 4) is 0 Å². The van der Waals surface area contributed by atoms with Crippen molar-refractivity contribution in [2.24, 2.45) is 0 Å². The summed E-state index contributed by atoms with van der Waals surface area (Å²) in [6, 6.07) is 6.53. The number of piperazine rings is 1. The van der Waals surface area contributed by atoms with Gasteiger partial charge in [-0.05, 0) is 30.5 Å². The van der Waals surface area contributed by atoms with Crippen LogP contribution >= 0.6 is 11.3 Å². The predicted molar refractivity (Wildman–Crippen MR) is 108 cm³/mol. The third-order valence-electron chi connectivity index (χ3n) is 4.82. The number of rotatable bonds is 5. The monoisotopic (exact) mass is 475 g/mol. The third kappa shape index (κ3) is 5.08. The van der Waals surface area contributed by atoms with E-state index in [9.17, 15) is 31.2 Å². The number of carbonyl (C=O) groups is 2.